The van der Waals surface area contributed by atoms with Gasteiger partial charge in [0.2, 0.25) is 0 Å². The van der Waals surface area contributed by atoms with E-state index in [-0.39, 0.29) is 41.5 Å². The fourth-order valence-corrected chi connectivity index (χ4v) is 13.1. The third kappa shape index (κ3) is 5.96. The summed E-state index contributed by atoms with van der Waals surface area (Å²) < 4.78 is 12.1. The zero-order chi connectivity index (χ0) is 35.5. The molecule has 10 atom stereocenters. The zero-order valence-electron chi connectivity index (χ0n) is 31.2. The summed E-state index contributed by atoms with van der Waals surface area (Å²) in [5.41, 5.74) is 0.0606. The third-order valence-corrected chi connectivity index (χ3v) is 15.8. The van der Waals surface area contributed by atoms with E-state index in [2.05, 4.69) is 37.0 Å². The molecule has 9 rings (SSSR count). The Kier molecular flexibility index (Phi) is 9.75. The molecule has 8 aliphatic rings. The van der Waals surface area contributed by atoms with Crippen LogP contribution in [0.5, 0.6) is 0 Å². The second kappa shape index (κ2) is 13.8. The lowest BCUT2D eigenvalue weighted by Crippen LogP contribution is -2.67. The van der Waals surface area contributed by atoms with Crippen LogP contribution in [0.4, 0.5) is 0 Å². The number of fused-ring (bicyclic) bond motifs is 1. The molecule has 0 radical (unpaired) electrons. The van der Waals surface area contributed by atoms with Crippen LogP contribution in [-0.4, -0.2) is 82.8 Å². The molecule has 0 amide bonds. The van der Waals surface area contributed by atoms with Crippen LogP contribution in [-0.2, 0) is 20.9 Å². The van der Waals surface area contributed by atoms with Crippen molar-refractivity contribution in [2.24, 2.45) is 39.4 Å². The number of aliphatic hydroxyl groups excluding tert-OH is 2. The number of aliphatic hydroxyl groups is 3. The second-order valence-corrected chi connectivity index (χ2v) is 18.5. The van der Waals surface area contributed by atoms with Crippen molar-refractivity contribution in [2.45, 2.75) is 134 Å². The Morgan fingerprint density at radius 2 is 1.69 bits per heavy atom. The summed E-state index contributed by atoms with van der Waals surface area (Å²) >= 11 is 0. The van der Waals surface area contributed by atoms with E-state index >= 15 is 0 Å². The van der Waals surface area contributed by atoms with Crippen molar-refractivity contribution in [3.8, 4) is 0 Å². The van der Waals surface area contributed by atoms with Gasteiger partial charge in [0.15, 0.2) is 5.78 Å². The van der Waals surface area contributed by atoms with Crippen LogP contribution in [0, 0.1) is 39.4 Å². The molecule has 7 aliphatic carbocycles. The fourth-order valence-electron chi connectivity index (χ4n) is 13.1. The highest BCUT2D eigenvalue weighted by atomic mass is 16.5. The van der Waals surface area contributed by atoms with Crippen molar-refractivity contribution in [1.29, 1.82) is 0 Å². The number of hydrogen-bond donors (Lipinski definition) is 3. The lowest BCUT2D eigenvalue weighted by molar-refractivity contribution is -0.181. The van der Waals surface area contributed by atoms with E-state index in [4.69, 9.17) is 9.47 Å². The Labute approximate surface area is 305 Å². The van der Waals surface area contributed by atoms with Gasteiger partial charge in [-0.15, -0.1) is 0 Å². The zero-order valence-corrected chi connectivity index (χ0v) is 31.2. The summed E-state index contributed by atoms with van der Waals surface area (Å²) in [4.78, 5) is 17.1. The Balaban J connectivity index is 1.08. The first kappa shape index (κ1) is 36.1. The number of allylic oxidation sites excluding steroid dienone is 4. The number of carbonyl (C=O) groups excluding carboxylic acids is 1. The minimum Gasteiger partial charge on any atom is -0.393 e. The summed E-state index contributed by atoms with van der Waals surface area (Å²) in [6.07, 6.45) is 19.8. The first-order valence-electron chi connectivity index (χ1n) is 20.5. The van der Waals surface area contributed by atoms with E-state index in [1.807, 2.05) is 30.3 Å². The summed E-state index contributed by atoms with van der Waals surface area (Å²) in [7, 11) is 0. The highest BCUT2D eigenvalue weighted by Crippen LogP contribution is 2.78. The number of Topliss-reactive ketones (excluding diaryl/α,β-unsaturated/α-hetero) is 1. The van der Waals surface area contributed by atoms with Gasteiger partial charge in [0, 0.05) is 54.0 Å². The van der Waals surface area contributed by atoms with Crippen LogP contribution in [0.15, 0.2) is 54.1 Å². The highest BCUT2D eigenvalue weighted by Gasteiger charge is 2.74. The number of carbonyl (C=O) groups is 1. The molecule has 1 aromatic carbocycles. The molecule has 7 nitrogen and oxygen atoms in total. The third-order valence-electron chi connectivity index (χ3n) is 15.8. The molecule has 1 aliphatic heterocycles. The molecule has 51 heavy (non-hydrogen) atoms. The van der Waals surface area contributed by atoms with E-state index in [1.165, 1.54) is 6.42 Å². The average molecular weight is 702 g/mol. The Bertz CT molecular complexity index is 1480. The Morgan fingerprint density at radius 3 is 2.45 bits per heavy atom. The minimum atomic E-state index is -0.969. The Morgan fingerprint density at radius 1 is 0.941 bits per heavy atom. The average Bonchev–Trinajstić information content (AvgIpc) is 3.73. The molecule has 1 aromatic rings. The normalized spacial score (nSPS) is 42.4. The maximum atomic E-state index is 14.9. The summed E-state index contributed by atoms with van der Waals surface area (Å²) in [5.74, 6) is 0.922. The molecule has 1 saturated heterocycles. The second-order valence-electron chi connectivity index (χ2n) is 18.5. The topological polar surface area (TPSA) is 99.5 Å². The van der Waals surface area contributed by atoms with Crippen molar-refractivity contribution in [2.75, 3.05) is 32.8 Å². The molecule has 7 heteroatoms. The molecule has 3 N–H and O–H groups in total. The van der Waals surface area contributed by atoms with Gasteiger partial charge in [-0.3, -0.25) is 9.69 Å². The van der Waals surface area contributed by atoms with E-state index in [0.29, 0.717) is 50.8 Å². The van der Waals surface area contributed by atoms with Gasteiger partial charge in [0.1, 0.15) is 0 Å². The van der Waals surface area contributed by atoms with E-state index < -0.39 is 22.5 Å². The van der Waals surface area contributed by atoms with E-state index in [1.54, 1.807) is 0 Å². The summed E-state index contributed by atoms with van der Waals surface area (Å²) in [6, 6.07) is 10.1. The van der Waals surface area contributed by atoms with Crippen LogP contribution in [0.3, 0.4) is 0 Å². The molecular formula is C44H63NO6. The van der Waals surface area contributed by atoms with Crippen molar-refractivity contribution in [3.05, 3.63) is 59.7 Å². The summed E-state index contributed by atoms with van der Waals surface area (Å²) in [5, 5.41) is 35.4. The van der Waals surface area contributed by atoms with Gasteiger partial charge < -0.3 is 24.8 Å². The van der Waals surface area contributed by atoms with Crippen molar-refractivity contribution in [3.63, 3.8) is 0 Å². The van der Waals surface area contributed by atoms with Gasteiger partial charge in [0.25, 0.3) is 0 Å². The molecule has 1 heterocycles. The van der Waals surface area contributed by atoms with Gasteiger partial charge >= 0.3 is 0 Å². The van der Waals surface area contributed by atoms with Gasteiger partial charge in [-0.25, -0.2) is 0 Å². The predicted molar refractivity (Wildman–Crippen MR) is 198 cm³/mol. The number of rotatable bonds is 12. The molecule has 4 saturated carbocycles. The standard InChI is InChI=1S/C44H63NO6/c1-40-18-15-33(46)24-42(40)21-22-44(36(25-42)39(48)32-12-7-4-8-13-32)37(40)16-19-41(2)38(44)17-20-43(41,49)30-45(27-35-14-9-23-51-35)26-34(47)29-50-28-31-10-5-3-6-11-31/h3,5-6,10-11,21-22,25,32-35,37-38,46-47,49H,4,7-9,12-20,23-24,26-30H2,1-2H3/t33?,34-,35-,37-,38-,40-,41+,42+,43-,44-/m1/s1. The number of ketones is 1. The number of ether oxygens (including phenoxy) is 2. The maximum absolute atomic E-state index is 14.9. The quantitative estimate of drug-likeness (QED) is 0.207. The molecule has 2 spiro atoms. The first-order valence-corrected chi connectivity index (χ1v) is 20.5. The van der Waals surface area contributed by atoms with E-state index in [0.717, 1.165) is 88.4 Å². The number of nitrogens with zero attached hydrogens (tertiary/aromatic N) is 1. The SMILES string of the molecule is C[C@]12CC[C@H]3[C@]4(C=C[C@@]5(C=C4C(=O)C4CCCCC4)CC(O)CC[C@]35C)[C@@H]1CC[C@@]2(O)CN(C[C@@H](O)COCc1ccccc1)C[C@H]1CCCO1. The smallest absolute Gasteiger partial charge is 0.162 e. The molecular weight excluding hydrogens is 638 g/mol. The van der Waals surface area contributed by atoms with Crippen LogP contribution in [0.25, 0.3) is 0 Å². The van der Waals surface area contributed by atoms with Crippen LogP contribution in [0.2, 0.25) is 0 Å². The molecule has 2 bridgehead atoms. The first-order chi connectivity index (χ1) is 24.5. The molecule has 5 fully saturated rings. The highest BCUT2D eigenvalue weighted by molar-refractivity contribution is 6.00. The molecule has 280 valence electrons. The van der Waals surface area contributed by atoms with Crippen molar-refractivity contribution in [1.82, 2.24) is 4.90 Å². The summed E-state index contributed by atoms with van der Waals surface area (Å²) in [6.45, 7) is 7.83. The van der Waals surface area contributed by atoms with Gasteiger partial charge in [0.05, 0.1) is 37.1 Å². The molecule has 0 aromatic heterocycles. The minimum absolute atomic E-state index is 0.0188. The van der Waals surface area contributed by atoms with Gasteiger partial charge in [-0.05, 0) is 93.4 Å². The predicted octanol–water partition coefficient (Wildman–Crippen LogP) is 6.79. The van der Waals surface area contributed by atoms with E-state index in [9.17, 15) is 20.1 Å². The van der Waals surface area contributed by atoms with Crippen molar-refractivity contribution >= 4 is 5.78 Å². The fraction of sp³-hybridized carbons (Fsp3) is 0.750. The van der Waals surface area contributed by atoms with Crippen molar-refractivity contribution < 1.29 is 29.6 Å². The van der Waals surface area contributed by atoms with Gasteiger partial charge in [-0.2, -0.15) is 0 Å². The lowest BCUT2D eigenvalue weighted by Gasteiger charge is -2.71. The molecule has 1 unspecified atom stereocenters. The van der Waals surface area contributed by atoms with Crippen LogP contribution < -0.4 is 0 Å². The number of benzene rings is 1. The number of hydrogen-bond acceptors (Lipinski definition) is 7. The maximum Gasteiger partial charge on any atom is 0.162 e. The monoisotopic (exact) mass is 701 g/mol. The van der Waals surface area contributed by atoms with Crippen LogP contribution >= 0.6 is 0 Å². The van der Waals surface area contributed by atoms with Gasteiger partial charge in [-0.1, -0.05) is 81.7 Å². The van der Waals surface area contributed by atoms with Crippen LogP contribution in [0.1, 0.15) is 109 Å². The Hall–Kier alpha value is -1.87. The largest absolute Gasteiger partial charge is 0.393 e. The lowest BCUT2D eigenvalue weighted by atomic mass is 9.32.